The van der Waals surface area contributed by atoms with Gasteiger partial charge in [-0.25, -0.2) is 0 Å². The lowest BCUT2D eigenvalue weighted by atomic mass is 10.2. The van der Waals surface area contributed by atoms with Crippen LogP contribution < -0.4 is 10.5 Å². The van der Waals surface area contributed by atoms with Crippen molar-refractivity contribution in [2.75, 3.05) is 5.73 Å². The molecule has 0 radical (unpaired) electrons. The summed E-state index contributed by atoms with van der Waals surface area (Å²) in [6, 6.07) is 9.02. The Morgan fingerprint density at radius 3 is 2.53 bits per heavy atom. The normalized spacial score (nSPS) is 10.2. The van der Waals surface area contributed by atoms with Gasteiger partial charge in [0.15, 0.2) is 0 Å². The molecule has 2 N–H and O–H groups in total. The predicted molar refractivity (Wildman–Crippen MR) is 74.0 cm³/mol. The molecule has 0 amide bonds. The van der Waals surface area contributed by atoms with E-state index < -0.39 is 4.92 Å². The summed E-state index contributed by atoms with van der Waals surface area (Å²) in [7, 11) is 0. The molecule has 0 atom stereocenters. The van der Waals surface area contributed by atoms with E-state index in [9.17, 15) is 10.1 Å². The Morgan fingerprint density at radius 1 is 1.16 bits per heavy atom. The maximum absolute atomic E-state index is 11.0. The maximum atomic E-state index is 11.0. The van der Waals surface area contributed by atoms with Crippen LogP contribution in [0.25, 0.3) is 0 Å². The zero-order valence-corrected chi connectivity index (χ0v) is 11.0. The van der Waals surface area contributed by atoms with E-state index >= 15 is 0 Å². The number of hydrogen-bond acceptors (Lipinski definition) is 4. The average Bonchev–Trinajstić information content (AvgIpc) is 2.33. The summed E-state index contributed by atoms with van der Waals surface area (Å²) in [6.07, 6.45) is 0. The highest BCUT2D eigenvalue weighted by atomic mass is 35.5. The number of benzene rings is 2. The van der Waals surface area contributed by atoms with Gasteiger partial charge < -0.3 is 10.5 Å². The lowest BCUT2D eigenvalue weighted by molar-refractivity contribution is -0.384. The van der Waals surface area contributed by atoms with E-state index in [0.717, 1.165) is 0 Å². The number of hydrogen-bond donors (Lipinski definition) is 1. The second kappa shape index (κ2) is 5.34. The summed E-state index contributed by atoms with van der Waals surface area (Å²) >= 11 is 11.6. The Labute approximate surface area is 118 Å². The van der Waals surface area contributed by atoms with E-state index in [1.165, 1.54) is 24.3 Å². The molecule has 98 valence electrons. The highest BCUT2D eigenvalue weighted by molar-refractivity contribution is 6.42. The SMILES string of the molecule is Nc1cccc(Oc2ccc(Cl)c(Cl)c2)c1[N+](=O)[O-]. The molecular formula is C12H8Cl2N2O3. The monoisotopic (exact) mass is 298 g/mol. The lowest BCUT2D eigenvalue weighted by Crippen LogP contribution is -1.98. The number of nitro benzene ring substituents is 1. The highest BCUT2D eigenvalue weighted by Gasteiger charge is 2.19. The number of anilines is 1. The first-order valence-electron chi connectivity index (χ1n) is 5.15. The van der Waals surface area contributed by atoms with E-state index in [2.05, 4.69) is 0 Å². The quantitative estimate of drug-likeness (QED) is 0.521. The van der Waals surface area contributed by atoms with Gasteiger partial charge in [0.2, 0.25) is 5.75 Å². The van der Waals surface area contributed by atoms with Crippen molar-refractivity contribution in [3.63, 3.8) is 0 Å². The van der Waals surface area contributed by atoms with Crippen LogP contribution in [0.5, 0.6) is 11.5 Å². The number of para-hydroxylation sites is 1. The van der Waals surface area contributed by atoms with Gasteiger partial charge >= 0.3 is 5.69 Å². The van der Waals surface area contributed by atoms with Crippen molar-refractivity contribution in [2.45, 2.75) is 0 Å². The molecule has 0 spiro atoms. The fourth-order valence-electron chi connectivity index (χ4n) is 1.48. The number of nitrogens with zero attached hydrogens (tertiary/aromatic N) is 1. The molecule has 7 heteroatoms. The lowest BCUT2D eigenvalue weighted by Gasteiger charge is -2.08. The largest absolute Gasteiger partial charge is 0.450 e. The minimum atomic E-state index is -0.595. The minimum Gasteiger partial charge on any atom is -0.450 e. The van der Waals surface area contributed by atoms with E-state index in [0.29, 0.717) is 15.8 Å². The Hall–Kier alpha value is -1.98. The Balaban J connectivity index is 2.40. The topological polar surface area (TPSA) is 78.4 Å². The van der Waals surface area contributed by atoms with Gasteiger partial charge in [-0.05, 0) is 24.3 Å². The molecule has 2 rings (SSSR count). The first-order chi connectivity index (χ1) is 8.99. The third-order valence-corrected chi connectivity index (χ3v) is 3.07. The summed E-state index contributed by atoms with van der Waals surface area (Å²) in [6.45, 7) is 0. The number of halogens is 2. The van der Waals surface area contributed by atoms with Crippen LogP contribution in [0.2, 0.25) is 10.0 Å². The molecule has 2 aromatic rings. The Kier molecular flexibility index (Phi) is 3.78. The van der Waals surface area contributed by atoms with Crippen molar-refractivity contribution < 1.29 is 9.66 Å². The van der Waals surface area contributed by atoms with Crippen LogP contribution in [-0.4, -0.2) is 4.92 Å². The molecule has 0 aliphatic heterocycles. The van der Waals surface area contributed by atoms with Crippen molar-refractivity contribution in [2.24, 2.45) is 0 Å². The molecule has 0 bridgehead atoms. The second-order valence-corrected chi connectivity index (χ2v) is 4.44. The van der Waals surface area contributed by atoms with Gasteiger partial charge in [0.25, 0.3) is 0 Å². The van der Waals surface area contributed by atoms with Gasteiger partial charge in [-0.2, -0.15) is 0 Å². The number of nitrogen functional groups attached to an aromatic ring is 1. The number of rotatable bonds is 3. The predicted octanol–water partition coefficient (Wildman–Crippen LogP) is 4.28. The maximum Gasteiger partial charge on any atom is 0.334 e. The van der Waals surface area contributed by atoms with E-state index in [-0.39, 0.29) is 17.1 Å². The number of nitro groups is 1. The average molecular weight is 299 g/mol. The smallest absolute Gasteiger partial charge is 0.334 e. The van der Waals surface area contributed by atoms with Crippen LogP contribution >= 0.6 is 23.2 Å². The fraction of sp³-hybridized carbons (Fsp3) is 0. The molecule has 0 aliphatic carbocycles. The van der Waals surface area contributed by atoms with E-state index in [4.69, 9.17) is 33.7 Å². The van der Waals surface area contributed by atoms with Crippen molar-refractivity contribution in [1.82, 2.24) is 0 Å². The second-order valence-electron chi connectivity index (χ2n) is 3.63. The van der Waals surface area contributed by atoms with Gasteiger partial charge in [0, 0.05) is 6.07 Å². The summed E-state index contributed by atoms with van der Waals surface area (Å²) in [5.41, 5.74) is 5.31. The fourth-order valence-corrected chi connectivity index (χ4v) is 1.77. The zero-order chi connectivity index (χ0) is 14.0. The van der Waals surface area contributed by atoms with Crippen molar-refractivity contribution in [1.29, 1.82) is 0 Å². The standard InChI is InChI=1S/C12H8Cl2N2O3/c13-8-5-4-7(6-9(8)14)19-11-3-1-2-10(15)12(11)16(17)18/h1-6H,15H2. The highest BCUT2D eigenvalue weighted by Crippen LogP contribution is 2.37. The molecule has 19 heavy (non-hydrogen) atoms. The molecule has 2 aromatic carbocycles. The molecule has 5 nitrogen and oxygen atoms in total. The van der Waals surface area contributed by atoms with Gasteiger partial charge in [-0.3, -0.25) is 10.1 Å². The van der Waals surface area contributed by atoms with Gasteiger partial charge in [-0.15, -0.1) is 0 Å². The molecule has 0 heterocycles. The molecule has 0 saturated carbocycles. The van der Waals surface area contributed by atoms with Crippen molar-refractivity contribution in [3.8, 4) is 11.5 Å². The molecule has 0 unspecified atom stereocenters. The first kappa shape index (κ1) is 13.5. The summed E-state index contributed by atoms with van der Waals surface area (Å²) in [5.74, 6) is 0.381. The zero-order valence-electron chi connectivity index (χ0n) is 9.47. The van der Waals surface area contributed by atoms with Crippen LogP contribution in [0.3, 0.4) is 0 Å². The molecular weight excluding hydrogens is 291 g/mol. The van der Waals surface area contributed by atoms with Crippen LogP contribution in [-0.2, 0) is 0 Å². The molecule has 0 fully saturated rings. The Morgan fingerprint density at radius 2 is 1.89 bits per heavy atom. The summed E-state index contributed by atoms with van der Waals surface area (Å²) in [5, 5.41) is 11.6. The number of ether oxygens (including phenoxy) is 1. The van der Waals surface area contributed by atoms with Gasteiger partial charge in [-0.1, -0.05) is 29.3 Å². The molecule has 0 aromatic heterocycles. The van der Waals surface area contributed by atoms with Gasteiger partial charge in [0.1, 0.15) is 11.4 Å². The van der Waals surface area contributed by atoms with Crippen LogP contribution in [0.4, 0.5) is 11.4 Å². The molecule has 0 aliphatic rings. The van der Waals surface area contributed by atoms with E-state index in [1.807, 2.05) is 0 Å². The van der Waals surface area contributed by atoms with Crippen LogP contribution in [0.15, 0.2) is 36.4 Å². The third kappa shape index (κ3) is 2.89. The third-order valence-electron chi connectivity index (χ3n) is 2.33. The van der Waals surface area contributed by atoms with Crippen LogP contribution in [0.1, 0.15) is 0 Å². The first-order valence-corrected chi connectivity index (χ1v) is 5.90. The summed E-state index contributed by atoms with van der Waals surface area (Å²) < 4.78 is 5.42. The Bertz CT molecular complexity index is 647. The van der Waals surface area contributed by atoms with Gasteiger partial charge in [0.05, 0.1) is 15.0 Å². The van der Waals surface area contributed by atoms with Crippen molar-refractivity contribution in [3.05, 3.63) is 56.6 Å². The minimum absolute atomic E-state index is 0.0301. The van der Waals surface area contributed by atoms with E-state index in [1.54, 1.807) is 12.1 Å². The molecule has 0 saturated heterocycles. The van der Waals surface area contributed by atoms with Crippen LogP contribution in [0, 0.1) is 10.1 Å². The summed E-state index contributed by atoms with van der Waals surface area (Å²) in [4.78, 5) is 10.4. The number of nitrogens with two attached hydrogens (primary N) is 1. The van der Waals surface area contributed by atoms with Crippen molar-refractivity contribution >= 4 is 34.6 Å².